The summed E-state index contributed by atoms with van der Waals surface area (Å²) in [5.41, 5.74) is 1.47. The van der Waals surface area contributed by atoms with E-state index in [2.05, 4.69) is 5.32 Å². The zero-order valence-corrected chi connectivity index (χ0v) is 10.8. The van der Waals surface area contributed by atoms with Crippen molar-refractivity contribution >= 4 is 0 Å². The second-order valence-electron chi connectivity index (χ2n) is 4.16. The van der Waals surface area contributed by atoms with Crippen molar-refractivity contribution in [2.75, 3.05) is 13.7 Å². The lowest BCUT2D eigenvalue weighted by Gasteiger charge is -2.21. The van der Waals surface area contributed by atoms with E-state index < -0.39 is 18.6 Å². The van der Waals surface area contributed by atoms with Crippen molar-refractivity contribution in [1.29, 1.82) is 0 Å². The lowest BCUT2D eigenvalue weighted by molar-refractivity contribution is -0.140. The minimum Gasteiger partial charge on any atom is -0.496 e. The quantitative estimate of drug-likeness (QED) is 0.874. The molecule has 2 nitrogen and oxygen atoms in total. The summed E-state index contributed by atoms with van der Waals surface area (Å²) in [6, 6.07) is 4.40. The maximum atomic E-state index is 12.5. The number of rotatable bonds is 5. The van der Waals surface area contributed by atoms with E-state index >= 15 is 0 Å². The van der Waals surface area contributed by atoms with Gasteiger partial charge >= 0.3 is 6.18 Å². The first kappa shape index (κ1) is 14.8. The Morgan fingerprint density at radius 3 is 2.44 bits per heavy atom. The SMILES string of the molecule is CCNC(CC(F)(F)F)c1ccc(OC)c(C)c1. The van der Waals surface area contributed by atoms with E-state index in [4.69, 9.17) is 4.74 Å². The fraction of sp³-hybridized carbons (Fsp3) is 0.538. The average molecular weight is 261 g/mol. The second-order valence-corrected chi connectivity index (χ2v) is 4.16. The average Bonchev–Trinajstić information content (AvgIpc) is 2.26. The molecule has 1 aromatic rings. The molecule has 1 atom stereocenters. The molecular formula is C13H18F3NO. The van der Waals surface area contributed by atoms with Crippen molar-refractivity contribution in [3.05, 3.63) is 29.3 Å². The molecule has 0 saturated heterocycles. The number of benzene rings is 1. The fourth-order valence-electron chi connectivity index (χ4n) is 1.90. The molecule has 0 amide bonds. The Bertz CT molecular complexity index is 390. The lowest BCUT2D eigenvalue weighted by atomic mass is 10.0. The van der Waals surface area contributed by atoms with E-state index in [9.17, 15) is 13.2 Å². The molecule has 0 fully saturated rings. The zero-order valence-electron chi connectivity index (χ0n) is 10.8. The fourth-order valence-corrected chi connectivity index (χ4v) is 1.90. The summed E-state index contributed by atoms with van der Waals surface area (Å²) >= 11 is 0. The summed E-state index contributed by atoms with van der Waals surface area (Å²) < 4.78 is 42.6. The molecule has 0 radical (unpaired) electrons. The smallest absolute Gasteiger partial charge is 0.390 e. The van der Waals surface area contributed by atoms with Crippen LogP contribution in [0.3, 0.4) is 0 Å². The van der Waals surface area contributed by atoms with Crippen LogP contribution >= 0.6 is 0 Å². The van der Waals surface area contributed by atoms with Crippen molar-refractivity contribution in [1.82, 2.24) is 5.32 Å². The molecule has 0 spiro atoms. The molecule has 18 heavy (non-hydrogen) atoms. The molecule has 5 heteroatoms. The van der Waals surface area contributed by atoms with Crippen LogP contribution in [-0.2, 0) is 0 Å². The maximum absolute atomic E-state index is 12.5. The Morgan fingerprint density at radius 1 is 1.33 bits per heavy atom. The first-order chi connectivity index (χ1) is 8.37. The number of nitrogens with one attached hydrogen (secondary N) is 1. The van der Waals surface area contributed by atoms with Crippen LogP contribution in [0.1, 0.15) is 30.5 Å². The van der Waals surface area contributed by atoms with E-state index in [0.717, 1.165) is 5.56 Å². The monoisotopic (exact) mass is 261 g/mol. The summed E-state index contributed by atoms with van der Waals surface area (Å²) in [6.07, 6.45) is -5.05. The Balaban J connectivity index is 2.95. The third-order valence-electron chi connectivity index (χ3n) is 2.71. The lowest BCUT2D eigenvalue weighted by Crippen LogP contribution is -2.26. The highest BCUT2D eigenvalue weighted by Gasteiger charge is 2.32. The number of ether oxygens (including phenoxy) is 1. The van der Waals surface area contributed by atoms with Gasteiger partial charge in [-0.2, -0.15) is 13.2 Å². The van der Waals surface area contributed by atoms with Crippen LogP contribution < -0.4 is 10.1 Å². The number of methoxy groups -OCH3 is 1. The van der Waals surface area contributed by atoms with Crippen molar-refractivity contribution in [3.8, 4) is 5.75 Å². The van der Waals surface area contributed by atoms with Crippen molar-refractivity contribution < 1.29 is 17.9 Å². The van der Waals surface area contributed by atoms with Crippen LogP contribution in [0, 0.1) is 6.92 Å². The van der Waals surface area contributed by atoms with Crippen molar-refractivity contribution in [3.63, 3.8) is 0 Å². The van der Waals surface area contributed by atoms with Crippen molar-refractivity contribution in [2.24, 2.45) is 0 Å². The number of halogens is 3. The predicted molar refractivity (Wildman–Crippen MR) is 64.8 cm³/mol. The van der Waals surface area contributed by atoms with Gasteiger partial charge in [-0.3, -0.25) is 0 Å². The molecule has 0 bridgehead atoms. The molecule has 1 rings (SSSR count). The topological polar surface area (TPSA) is 21.3 Å². The maximum Gasteiger partial charge on any atom is 0.390 e. The molecule has 102 valence electrons. The Labute approximate surface area is 105 Å². The largest absolute Gasteiger partial charge is 0.496 e. The molecule has 0 aromatic heterocycles. The van der Waals surface area contributed by atoms with Gasteiger partial charge in [-0.25, -0.2) is 0 Å². The normalized spacial score (nSPS) is 13.4. The van der Waals surface area contributed by atoms with Gasteiger partial charge in [-0.15, -0.1) is 0 Å². The molecule has 0 aliphatic rings. The molecule has 0 aliphatic carbocycles. The van der Waals surface area contributed by atoms with Gasteiger partial charge in [0.25, 0.3) is 0 Å². The molecule has 0 saturated carbocycles. The van der Waals surface area contributed by atoms with Crippen LogP contribution in [0.25, 0.3) is 0 Å². The molecule has 1 N–H and O–H groups in total. The van der Waals surface area contributed by atoms with Gasteiger partial charge in [0.1, 0.15) is 5.75 Å². The Morgan fingerprint density at radius 2 is 2.00 bits per heavy atom. The third-order valence-corrected chi connectivity index (χ3v) is 2.71. The summed E-state index contributed by atoms with van der Waals surface area (Å²) in [6.45, 7) is 4.10. The van der Waals surface area contributed by atoms with Gasteiger partial charge in [0.2, 0.25) is 0 Å². The molecule has 0 aliphatic heterocycles. The van der Waals surface area contributed by atoms with Crippen LogP contribution in [-0.4, -0.2) is 19.8 Å². The molecule has 0 heterocycles. The van der Waals surface area contributed by atoms with E-state index in [1.54, 1.807) is 32.2 Å². The Kier molecular flexibility index (Phi) is 5.02. The van der Waals surface area contributed by atoms with Crippen molar-refractivity contribution in [2.45, 2.75) is 32.5 Å². The van der Waals surface area contributed by atoms with Gasteiger partial charge in [0.05, 0.1) is 13.5 Å². The van der Waals surface area contributed by atoms with Crippen LogP contribution in [0.4, 0.5) is 13.2 Å². The predicted octanol–water partition coefficient (Wildman–Crippen LogP) is 3.61. The van der Waals surface area contributed by atoms with E-state index in [1.807, 2.05) is 6.92 Å². The zero-order chi connectivity index (χ0) is 13.8. The van der Waals surface area contributed by atoms with Crippen LogP contribution in [0.15, 0.2) is 18.2 Å². The van der Waals surface area contributed by atoms with Gasteiger partial charge < -0.3 is 10.1 Å². The van der Waals surface area contributed by atoms with Gasteiger partial charge in [-0.05, 0) is 30.7 Å². The summed E-state index contributed by atoms with van der Waals surface area (Å²) in [5.74, 6) is 0.681. The number of hydrogen-bond acceptors (Lipinski definition) is 2. The summed E-state index contributed by atoms with van der Waals surface area (Å²) in [5, 5.41) is 2.86. The number of aryl methyl sites for hydroxylation is 1. The second kappa shape index (κ2) is 6.09. The number of hydrogen-bond donors (Lipinski definition) is 1. The number of alkyl halides is 3. The van der Waals surface area contributed by atoms with Gasteiger partial charge in [0, 0.05) is 6.04 Å². The van der Waals surface area contributed by atoms with Crippen LogP contribution in [0.5, 0.6) is 5.75 Å². The highest BCUT2D eigenvalue weighted by atomic mass is 19.4. The van der Waals surface area contributed by atoms with Gasteiger partial charge in [0.15, 0.2) is 0 Å². The van der Waals surface area contributed by atoms with Gasteiger partial charge in [-0.1, -0.05) is 19.1 Å². The molecule has 1 aromatic carbocycles. The van der Waals surface area contributed by atoms with E-state index in [-0.39, 0.29) is 0 Å². The summed E-state index contributed by atoms with van der Waals surface area (Å²) in [4.78, 5) is 0. The van der Waals surface area contributed by atoms with E-state index in [1.165, 1.54) is 0 Å². The highest BCUT2D eigenvalue weighted by molar-refractivity contribution is 5.37. The Hall–Kier alpha value is -1.23. The third kappa shape index (κ3) is 4.22. The minimum atomic E-state index is -4.18. The summed E-state index contributed by atoms with van der Waals surface area (Å²) in [7, 11) is 1.54. The van der Waals surface area contributed by atoms with Crippen LogP contribution in [0.2, 0.25) is 0 Å². The molecular weight excluding hydrogens is 243 g/mol. The standard InChI is InChI=1S/C13H18F3NO/c1-4-17-11(8-13(14,15)16)10-5-6-12(18-3)9(2)7-10/h5-7,11,17H,4,8H2,1-3H3. The first-order valence-corrected chi connectivity index (χ1v) is 5.82. The molecule has 1 unspecified atom stereocenters. The first-order valence-electron chi connectivity index (χ1n) is 5.82. The highest BCUT2D eigenvalue weighted by Crippen LogP contribution is 2.31. The minimum absolute atomic E-state index is 0.492. The van der Waals surface area contributed by atoms with E-state index in [0.29, 0.717) is 17.9 Å².